The SMILES string of the molecule is ClCCc1nnc(Cc2ccccc2)[se]1.NCC(=[Se])Cc1ccccc1.O=C(O)CCCl. The van der Waals surface area contributed by atoms with Gasteiger partial charge in [-0.15, -0.1) is 11.6 Å². The number of hydrogen-bond donors (Lipinski definition) is 2. The van der Waals surface area contributed by atoms with E-state index in [1.165, 1.54) is 24.7 Å². The second-order valence-electron chi connectivity index (χ2n) is 6.43. The Bertz CT molecular complexity index is 910. The maximum Gasteiger partial charge on any atom is 0.304 e. The van der Waals surface area contributed by atoms with Crippen LogP contribution in [0, 0.1) is 0 Å². The Morgan fingerprint density at radius 3 is 1.97 bits per heavy atom. The second kappa shape index (κ2) is 18.2. The summed E-state index contributed by atoms with van der Waals surface area (Å²) in [6.07, 6.45) is 2.82. The van der Waals surface area contributed by atoms with Crippen molar-refractivity contribution in [1.29, 1.82) is 0 Å². The average molecular weight is 606 g/mol. The van der Waals surface area contributed by atoms with Gasteiger partial charge in [-0.05, 0) is 0 Å². The van der Waals surface area contributed by atoms with Crippen LogP contribution in [0.15, 0.2) is 60.7 Å². The van der Waals surface area contributed by atoms with E-state index in [0.29, 0.717) is 26.9 Å². The summed E-state index contributed by atoms with van der Waals surface area (Å²) in [5, 5.41) is 16.2. The van der Waals surface area contributed by atoms with Crippen LogP contribution in [0.25, 0.3) is 0 Å². The number of halogens is 2. The number of carboxylic acids is 1. The molecule has 3 rings (SSSR count). The molecule has 1 heterocycles. The summed E-state index contributed by atoms with van der Waals surface area (Å²) in [5.74, 6) is 0.00865. The molecule has 0 amide bonds. The molecule has 0 aliphatic heterocycles. The quantitative estimate of drug-likeness (QED) is 0.289. The number of carbonyl (C=O) groups is 1. The van der Waals surface area contributed by atoms with Crippen molar-refractivity contribution in [2.24, 2.45) is 5.73 Å². The summed E-state index contributed by atoms with van der Waals surface area (Å²) in [6, 6.07) is 20.7. The summed E-state index contributed by atoms with van der Waals surface area (Å²) < 4.78 is 3.58. The van der Waals surface area contributed by atoms with Crippen molar-refractivity contribution in [3.05, 3.63) is 80.9 Å². The van der Waals surface area contributed by atoms with Crippen molar-refractivity contribution >= 4 is 63.7 Å². The van der Waals surface area contributed by atoms with Gasteiger partial charge in [0.05, 0.1) is 6.42 Å². The maximum atomic E-state index is 9.51. The van der Waals surface area contributed by atoms with Gasteiger partial charge in [0.15, 0.2) is 0 Å². The van der Waals surface area contributed by atoms with Crippen LogP contribution >= 0.6 is 23.2 Å². The number of aromatic nitrogens is 2. The number of hydrogen-bond acceptors (Lipinski definition) is 4. The molecule has 32 heavy (non-hydrogen) atoms. The molecule has 2 aromatic carbocycles. The number of nitrogens with zero attached hydrogens (tertiary/aromatic N) is 2. The van der Waals surface area contributed by atoms with Crippen LogP contribution in [-0.4, -0.2) is 74.1 Å². The Morgan fingerprint density at radius 2 is 1.50 bits per heavy atom. The van der Waals surface area contributed by atoms with E-state index in [1.54, 1.807) is 0 Å². The minimum Gasteiger partial charge on any atom is -0.481 e. The molecule has 3 aromatic rings. The normalized spacial score (nSPS) is 9.72. The molecule has 0 atom stereocenters. The van der Waals surface area contributed by atoms with Gasteiger partial charge < -0.3 is 5.11 Å². The van der Waals surface area contributed by atoms with E-state index >= 15 is 0 Å². The fourth-order valence-corrected chi connectivity index (χ4v) is 5.08. The fraction of sp³-hybridized carbons (Fsp3) is 0.304. The third-order valence-electron chi connectivity index (χ3n) is 3.80. The molecular formula is C23H27Cl2N3O2Se2. The number of alkyl halides is 2. The summed E-state index contributed by atoms with van der Waals surface area (Å²) in [5.41, 5.74) is 8.07. The van der Waals surface area contributed by atoms with Crippen molar-refractivity contribution in [2.45, 2.75) is 25.7 Å². The zero-order chi connectivity index (χ0) is 23.6. The van der Waals surface area contributed by atoms with Crippen molar-refractivity contribution in [1.82, 2.24) is 10.2 Å². The Balaban J connectivity index is 0.000000265. The molecule has 1 aromatic heterocycles. The third kappa shape index (κ3) is 14.0. The number of carboxylic acid groups (broad SMARTS) is 1. The molecule has 0 saturated carbocycles. The van der Waals surface area contributed by atoms with Gasteiger partial charge in [-0.3, -0.25) is 4.79 Å². The summed E-state index contributed by atoms with van der Waals surface area (Å²) in [7, 11) is 0. The number of aryl methyl sites for hydroxylation is 1. The van der Waals surface area contributed by atoms with Crippen molar-refractivity contribution in [2.75, 3.05) is 18.3 Å². The number of nitrogens with two attached hydrogens (primary N) is 1. The molecule has 3 N–H and O–H groups in total. The minimum atomic E-state index is -0.843. The summed E-state index contributed by atoms with van der Waals surface area (Å²) in [6.45, 7) is 0.634. The van der Waals surface area contributed by atoms with E-state index in [9.17, 15) is 4.79 Å². The second-order valence-corrected chi connectivity index (χ2v) is 10.8. The van der Waals surface area contributed by atoms with Gasteiger partial charge in [0, 0.05) is 5.88 Å². The Labute approximate surface area is 213 Å². The van der Waals surface area contributed by atoms with E-state index in [0.717, 1.165) is 19.3 Å². The van der Waals surface area contributed by atoms with Crippen molar-refractivity contribution in [3.63, 3.8) is 0 Å². The molecule has 0 radical (unpaired) electrons. The Morgan fingerprint density at radius 1 is 0.938 bits per heavy atom. The maximum absolute atomic E-state index is 9.51. The van der Waals surface area contributed by atoms with Crippen LogP contribution in [0.5, 0.6) is 0 Å². The standard InChI is InChI=1S/C11H11ClN2Se.C9H11NSe.C3H5ClO2/c12-7-6-10-13-14-11(15-10)8-9-4-2-1-3-5-9;10-7-9(11)6-8-4-2-1-3-5-8;4-2-1-3(5)6/h1-5H,6-8H2;1-5H,6-7,10H2;1-2H2,(H,5,6). The zero-order valence-corrected chi connectivity index (χ0v) is 22.6. The van der Waals surface area contributed by atoms with Crippen molar-refractivity contribution in [3.8, 4) is 0 Å². The molecule has 172 valence electrons. The zero-order valence-electron chi connectivity index (χ0n) is 17.6. The van der Waals surface area contributed by atoms with Crippen LogP contribution in [-0.2, 0) is 24.1 Å². The molecule has 0 unspecified atom stereocenters. The van der Waals surface area contributed by atoms with E-state index in [-0.39, 0.29) is 12.3 Å². The first kappa shape index (κ1) is 28.7. The van der Waals surface area contributed by atoms with Gasteiger partial charge in [-0.25, -0.2) is 0 Å². The smallest absolute Gasteiger partial charge is 0.304 e. The van der Waals surface area contributed by atoms with Crippen LogP contribution in [0.2, 0.25) is 0 Å². The number of rotatable bonds is 9. The van der Waals surface area contributed by atoms with E-state index in [4.69, 9.17) is 34.0 Å². The molecular weight excluding hydrogens is 579 g/mol. The summed E-state index contributed by atoms with van der Waals surface area (Å²) >= 11 is 14.0. The topological polar surface area (TPSA) is 89.1 Å². The molecule has 0 spiro atoms. The molecule has 0 aliphatic carbocycles. The average Bonchev–Trinajstić information content (AvgIpc) is 3.23. The van der Waals surface area contributed by atoms with Gasteiger partial charge >= 0.3 is 181 Å². The van der Waals surface area contributed by atoms with Gasteiger partial charge in [0.1, 0.15) is 0 Å². The van der Waals surface area contributed by atoms with Gasteiger partial charge in [0.2, 0.25) is 0 Å². The number of aliphatic carboxylic acids is 1. The first-order chi connectivity index (χ1) is 15.5. The predicted molar refractivity (Wildman–Crippen MR) is 136 cm³/mol. The van der Waals surface area contributed by atoms with Crippen LogP contribution in [0.1, 0.15) is 26.7 Å². The predicted octanol–water partition coefficient (Wildman–Crippen LogP) is 3.13. The first-order valence-electron chi connectivity index (χ1n) is 9.93. The third-order valence-corrected chi connectivity index (χ3v) is 6.89. The first-order valence-corrected chi connectivity index (χ1v) is 13.6. The molecule has 9 heteroatoms. The van der Waals surface area contributed by atoms with Gasteiger partial charge in [-0.1, -0.05) is 0 Å². The fourth-order valence-electron chi connectivity index (χ4n) is 2.29. The van der Waals surface area contributed by atoms with Crippen LogP contribution < -0.4 is 5.73 Å². The molecule has 0 fully saturated rings. The molecule has 0 bridgehead atoms. The van der Waals surface area contributed by atoms with Crippen LogP contribution in [0.4, 0.5) is 0 Å². The van der Waals surface area contributed by atoms with E-state index in [2.05, 4.69) is 62.2 Å². The van der Waals surface area contributed by atoms with Gasteiger partial charge in [0.25, 0.3) is 0 Å². The molecule has 0 aliphatic rings. The largest absolute Gasteiger partial charge is 0.481 e. The molecule has 5 nitrogen and oxygen atoms in total. The minimum absolute atomic E-state index is 0.0571. The van der Waals surface area contributed by atoms with E-state index in [1.807, 2.05) is 24.3 Å². The van der Waals surface area contributed by atoms with E-state index < -0.39 is 5.97 Å². The monoisotopic (exact) mass is 607 g/mol. The Kier molecular flexibility index (Phi) is 16.3. The molecule has 0 saturated heterocycles. The van der Waals surface area contributed by atoms with Crippen molar-refractivity contribution < 1.29 is 9.90 Å². The van der Waals surface area contributed by atoms with Gasteiger partial charge in [-0.2, -0.15) is 0 Å². The van der Waals surface area contributed by atoms with Crippen LogP contribution in [0.3, 0.4) is 0 Å². The number of benzene rings is 2. The Hall–Kier alpha value is -1.30. The summed E-state index contributed by atoms with van der Waals surface area (Å²) in [4.78, 5) is 9.51.